The molecular formula is C13H13N5O. The average Bonchev–Trinajstić information content (AvgIpc) is 2.93. The molecule has 3 aromatic rings. The third-order valence-electron chi connectivity index (χ3n) is 2.74. The highest BCUT2D eigenvalue weighted by atomic mass is 16.5. The number of ether oxygens (including phenoxy) is 1. The molecule has 6 heteroatoms. The molecule has 0 aromatic carbocycles. The summed E-state index contributed by atoms with van der Waals surface area (Å²) in [6.45, 7) is 0.661. The van der Waals surface area contributed by atoms with Crippen molar-refractivity contribution >= 4 is 11.5 Å². The van der Waals surface area contributed by atoms with Crippen LogP contribution >= 0.6 is 0 Å². The van der Waals surface area contributed by atoms with E-state index < -0.39 is 0 Å². The summed E-state index contributed by atoms with van der Waals surface area (Å²) >= 11 is 0. The molecule has 3 rings (SSSR count). The molecule has 19 heavy (non-hydrogen) atoms. The molecule has 0 amide bonds. The predicted octanol–water partition coefficient (Wildman–Crippen LogP) is 1.74. The van der Waals surface area contributed by atoms with Crippen LogP contribution in [0.5, 0.6) is 5.88 Å². The van der Waals surface area contributed by atoms with Crippen molar-refractivity contribution in [3.05, 3.63) is 48.4 Å². The van der Waals surface area contributed by atoms with E-state index in [1.165, 1.54) is 0 Å². The Hall–Kier alpha value is -2.63. The second kappa shape index (κ2) is 4.93. The Morgan fingerprint density at radius 1 is 1.26 bits per heavy atom. The van der Waals surface area contributed by atoms with Crippen LogP contribution in [-0.2, 0) is 6.54 Å². The van der Waals surface area contributed by atoms with Crippen LogP contribution in [0.25, 0.3) is 5.65 Å². The molecule has 0 fully saturated rings. The van der Waals surface area contributed by atoms with E-state index >= 15 is 0 Å². The fourth-order valence-corrected chi connectivity index (χ4v) is 1.74. The molecule has 0 atom stereocenters. The van der Waals surface area contributed by atoms with Crippen molar-refractivity contribution in [3.8, 4) is 5.88 Å². The van der Waals surface area contributed by atoms with Gasteiger partial charge in [-0.15, -0.1) is 0 Å². The Bertz CT molecular complexity index is 677. The van der Waals surface area contributed by atoms with Crippen LogP contribution in [0.1, 0.15) is 5.56 Å². The van der Waals surface area contributed by atoms with Gasteiger partial charge in [0, 0.05) is 31.1 Å². The molecule has 1 N–H and O–H groups in total. The molecule has 96 valence electrons. The van der Waals surface area contributed by atoms with Gasteiger partial charge in [0.2, 0.25) is 5.88 Å². The molecule has 0 saturated heterocycles. The lowest BCUT2D eigenvalue weighted by molar-refractivity contribution is 0.397. The molecule has 0 unspecified atom stereocenters. The summed E-state index contributed by atoms with van der Waals surface area (Å²) in [6, 6.07) is 7.55. The van der Waals surface area contributed by atoms with Crippen molar-refractivity contribution in [1.29, 1.82) is 0 Å². The van der Waals surface area contributed by atoms with E-state index in [9.17, 15) is 0 Å². The van der Waals surface area contributed by atoms with Gasteiger partial charge in [0.25, 0.3) is 0 Å². The van der Waals surface area contributed by atoms with Crippen LogP contribution in [0.15, 0.2) is 42.9 Å². The third kappa shape index (κ3) is 2.47. The SMILES string of the molecule is COc1ccc(CNc2ccn3nccc3n2)cn1. The van der Waals surface area contributed by atoms with Crippen LogP contribution in [0.2, 0.25) is 0 Å². The molecule has 0 aliphatic heterocycles. The van der Waals surface area contributed by atoms with Crippen molar-refractivity contribution in [2.24, 2.45) is 0 Å². The Balaban J connectivity index is 1.70. The number of hydrogen-bond donors (Lipinski definition) is 1. The smallest absolute Gasteiger partial charge is 0.212 e. The van der Waals surface area contributed by atoms with Crippen LogP contribution in [0, 0.1) is 0 Å². The first-order valence-corrected chi connectivity index (χ1v) is 5.88. The lowest BCUT2D eigenvalue weighted by Crippen LogP contribution is -2.03. The number of pyridine rings is 1. The molecule has 0 bridgehead atoms. The van der Waals surface area contributed by atoms with Gasteiger partial charge in [0.1, 0.15) is 5.82 Å². The lowest BCUT2D eigenvalue weighted by Gasteiger charge is -2.06. The maximum atomic E-state index is 5.02. The minimum Gasteiger partial charge on any atom is -0.481 e. The maximum Gasteiger partial charge on any atom is 0.212 e. The summed E-state index contributed by atoms with van der Waals surface area (Å²) < 4.78 is 6.74. The van der Waals surface area contributed by atoms with Crippen molar-refractivity contribution < 1.29 is 4.74 Å². The largest absolute Gasteiger partial charge is 0.481 e. The highest BCUT2D eigenvalue weighted by Gasteiger charge is 1.99. The van der Waals surface area contributed by atoms with E-state index in [0.29, 0.717) is 12.4 Å². The molecule has 0 aliphatic carbocycles. The molecule has 0 aliphatic rings. The summed E-state index contributed by atoms with van der Waals surface area (Å²) in [6.07, 6.45) is 5.37. The van der Waals surface area contributed by atoms with Gasteiger partial charge in [-0.05, 0) is 11.6 Å². The third-order valence-corrected chi connectivity index (χ3v) is 2.74. The van der Waals surface area contributed by atoms with Crippen molar-refractivity contribution in [2.45, 2.75) is 6.54 Å². The Morgan fingerprint density at radius 2 is 2.21 bits per heavy atom. The highest BCUT2D eigenvalue weighted by Crippen LogP contribution is 2.10. The summed E-state index contributed by atoms with van der Waals surface area (Å²) in [5.41, 5.74) is 1.88. The lowest BCUT2D eigenvalue weighted by atomic mass is 10.3. The molecule has 0 radical (unpaired) electrons. The van der Waals surface area contributed by atoms with Gasteiger partial charge in [-0.25, -0.2) is 14.5 Å². The van der Waals surface area contributed by atoms with Gasteiger partial charge >= 0.3 is 0 Å². The number of aromatic nitrogens is 4. The monoisotopic (exact) mass is 255 g/mol. The van der Waals surface area contributed by atoms with E-state index in [2.05, 4.69) is 20.4 Å². The van der Waals surface area contributed by atoms with E-state index in [-0.39, 0.29) is 0 Å². The number of methoxy groups -OCH3 is 1. The van der Waals surface area contributed by atoms with Gasteiger partial charge in [0.05, 0.1) is 13.3 Å². The van der Waals surface area contributed by atoms with Crippen LogP contribution < -0.4 is 10.1 Å². The van der Waals surface area contributed by atoms with Gasteiger partial charge in [-0.3, -0.25) is 0 Å². The summed E-state index contributed by atoms with van der Waals surface area (Å²) in [5, 5.41) is 7.35. The highest BCUT2D eigenvalue weighted by molar-refractivity contribution is 5.45. The van der Waals surface area contributed by atoms with E-state index in [1.807, 2.05) is 30.5 Å². The zero-order chi connectivity index (χ0) is 13.1. The van der Waals surface area contributed by atoms with Crippen LogP contribution in [-0.4, -0.2) is 26.7 Å². The number of anilines is 1. The molecule has 6 nitrogen and oxygen atoms in total. The zero-order valence-corrected chi connectivity index (χ0v) is 10.4. The first-order valence-electron chi connectivity index (χ1n) is 5.88. The van der Waals surface area contributed by atoms with E-state index in [1.54, 1.807) is 24.0 Å². The maximum absolute atomic E-state index is 5.02. The number of rotatable bonds is 4. The minimum absolute atomic E-state index is 0.613. The fourth-order valence-electron chi connectivity index (χ4n) is 1.74. The van der Waals surface area contributed by atoms with Gasteiger partial charge in [-0.1, -0.05) is 6.07 Å². The van der Waals surface area contributed by atoms with Gasteiger partial charge in [-0.2, -0.15) is 5.10 Å². The Kier molecular flexibility index (Phi) is 2.97. The summed E-state index contributed by atoms with van der Waals surface area (Å²) in [5.74, 6) is 1.42. The zero-order valence-electron chi connectivity index (χ0n) is 10.4. The van der Waals surface area contributed by atoms with E-state index in [0.717, 1.165) is 17.0 Å². The average molecular weight is 255 g/mol. The van der Waals surface area contributed by atoms with Gasteiger partial charge in [0.15, 0.2) is 5.65 Å². The van der Waals surface area contributed by atoms with Crippen LogP contribution in [0.4, 0.5) is 5.82 Å². The number of fused-ring (bicyclic) bond motifs is 1. The second-order valence-corrected chi connectivity index (χ2v) is 4.01. The standard InChI is InChI=1S/C13H13N5O/c1-19-13-3-2-10(9-15-13)8-14-11-5-7-18-12(17-11)4-6-16-18/h2-7,9H,8H2,1H3,(H,14,17). The quantitative estimate of drug-likeness (QED) is 0.769. The summed E-state index contributed by atoms with van der Waals surface area (Å²) in [7, 11) is 1.60. The molecular weight excluding hydrogens is 242 g/mol. The molecule has 0 saturated carbocycles. The number of hydrogen-bond acceptors (Lipinski definition) is 5. The predicted molar refractivity (Wildman–Crippen MR) is 71.1 cm³/mol. The van der Waals surface area contributed by atoms with Crippen LogP contribution in [0.3, 0.4) is 0 Å². The molecule has 0 spiro atoms. The minimum atomic E-state index is 0.613. The van der Waals surface area contributed by atoms with Crippen molar-refractivity contribution in [1.82, 2.24) is 19.6 Å². The first kappa shape index (κ1) is 11.5. The molecule has 3 heterocycles. The van der Waals surface area contributed by atoms with Crippen molar-refractivity contribution in [3.63, 3.8) is 0 Å². The summed E-state index contributed by atoms with van der Waals surface area (Å²) in [4.78, 5) is 8.58. The fraction of sp³-hybridized carbons (Fsp3) is 0.154. The second-order valence-electron chi connectivity index (χ2n) is 4.01. The number of nitrogens with one attached hydrogen (secondary N) is 1. The van der Waals surface area contributed by atoms with Gasteiger partial charge < -0.3 is 10.1 Å². The van der Waals surface area contributed by atoms with E-state index in [4.69, 9.17) is 4.74 Å². The van der Waals surface area contributed by atoms with Crippen molar-refractivity contribution in [2.75, 3.05) is 12.4 Å². The Labute approximate surface area is 110 Å². The normalized spacial score (nSPS) is 10.6. The molecule has 3 aromatic heterocycles. The first-order chi connectivity index (χ1) is 9.35. The Morgan fingerprint density at radius 3 is 3.00 bits per heavy atom. The topological polar surface area (TPSA) is 64.3 Å². The number of nitrogens with zero attached hydrogens (tertiary/aromatic N) is 4.